The van der Waals surface area contributed by atoms with E-state index in [4.69, 9.17) is 21.1 Å². The van der Waals surface area contributed by atoms with Crippen LogP contribution in [0.1, 0.15) is 45.4 Å². The summed E-state index contributed by atoms with van der Waals surface area (Å²) in [4.78, 5) is 2.46. The monoisotopic (exact) mass is 337 g/mol. The van der Waals surface area contributed by atoms with Crippen LogP contribution in [0.2, 0.25) is 5.02 Å². The van der Waals surface area contributed by atoms with Gasteiger partial charge in [-0.3, -0.25) is 4.90 Å². The number of nitrogens with zero attached hydrogens (tertiary/aromatic N) is 1. The molecule has 2 fully saturated rings. The summed E-state index contributed by atoms with van der Waals surface area (Å²) in [5, 5.41) is 0.746. The average molecular weight is 338 g/mol. The van der Waals surface area contributed by atoms with Gasteiger partial charge >= 0.3 is 0 Å². The van der Waals surface area contributed by atoms with E-state index in [0.717, 1.165) is 43.4 Å². The van der Waals surface area contributed by atoms with E-state index in [-0.39, 0.29) is 5.60 Å². The zero-order valence-corrected chi connectivity index (χ0v) is 14.9. The molecule has 0 spiro atoms. The summed E-state index contributed by atoms with van der Waals surface area (Å²) < 4.78 is 12.3. The van der Waals surface area contributed by atoms with Gasteiger partial charge in [0, 0.05) is 31.1 Å². The molecule has 2 aliphatic rings. The summed E-state index contributed by atoms with van der Waals surface area (Å²) >= 11 is 5.93. The van der Waals surface area contributed by atoms with Gasteiger partial charge in [0.2, 0.25) is 0 Å². The van der Waals surface area contributed by atoms with Crippen LogP contribution in [0.3, 0.4) is 0 Å². The van der Waals surface area contributed by atoms with Gasteiger partial charge in [-0.25, -0.2) is 0 Å². The third-order valence-corrected chi connectivity index (χ3v) is 5.26. The van der Waals surface area contributed by atoms with Crippen molar-refractivity contribution >= 4 is 11.6 Å². The second kappa shape index (κ2) is 7.87. The van der Waals surface area contributed by atoms with Crippen LogP contribution < -0.4 is 4.74 Å². The predicted octanol–water partition coefficient (Wildman–Crippen LogP) is 4.53. The number of ether oxygens (including phenoxy) is 2. The summed E-state index contributed by atoms with van der Waals surface area (Å²) in [6, 6.07) is 7.65. The fraction of sp³-hybridized carbons (Fsp3) is 0.684. The Balaban J connectivity index is 1.41. The van der Waals surface area contributed by atoms with Gasteiger partial charge in [-0.15, -0.1) is 0 Å². The Kier molecular flexibility index (Phi) is 5.84. The van der Waals surface area contributed by atoms with Crippen molar-refractivity contribution in [2.45, 2.75) is 57.2 Å². The minimum Gasteiger partial charge on any atom is -0.486 e. The maximum absolute atomic E-state index is 6.20. The molecule has 0 N–H and O–H groups in total. The fourth-order valence-electron chi connectivity index (χ4n) is 3.67. The highest BCUT2D eigenvalue weighted by molar-refractivity contribution is 6.30. The zero-order chi connectivity index (χ0) is 16.1. The van der Waals surface area contributed by atoms with Gasteiger partial charge < -0.3 is 9.47 Å². The van der Waals surface area contributed by atoms with Crippen LogP contribution in [0.25, 0.3) is 0 Å². The standard InChI is InChI=1S/C19H28ClNO2/c1-19(23-18-9-7-16(20)8-10-18)11-12-21(15-19)13-14-22-17-5-3-2-4-6-17/h7-10,17H,2-6,11-15H2,1H3. The second-order valence-electron chi connectivity index (χ2n) is 7.16. The minimum atomic E-state index is -0.112. The lowest BCUT2D eigenvalue weighted by molar-refractivity contribution is 0.0154. The molecule has 1 aromatic carbocycles. The van der Waals surface area contributed by atoms with Gasteiger partial charge in [-0.2, -0.15) is 0 Å². The summed E-state index contributed by atoms with van der Waals surface area (Å²) in [6.07, 6.45) is 8.10. The number of likely N-dealkylation sites (tertiary alicyclic amines) is 1. The third-order valence-electron chi connectivity index (χ3n) is 5.01. The SMILES string of the molecule is CC1(Oc2ccc(Cl)cc2)CCN(CCOC2CCCCC2)C1. The van der Waals surface area contributed by atoms with Crippen LogP contribution >= 0.6 is 11.6 Å². The molecule has 1 saturated carbocycles. The van der Waals surface area contributed by atoms with Gasteiger partial charge in [0.25, 0.3) is 0 Å². The maximum atomic E-state index is 6.20. The van der Waals surface area contributed by atoms with E-state index in [1.165, 1.54) is 32.1 Å². The van der Waals surface area contributed by atoms with Gasteiger partial charge in [-0.1, -0.05) is 30.9 Å². The van der Waals surface area contributed by atoms with Crippen LogP contribution in [0.15, 0.2) is 24.3 Å². The van der Waals surface area contributed by atoms with E-state index < -0.39 is 0 Å². The summed E-state index contributed by atoms with van der Waals surface area (Å²) in [5.74, 6) is 0.900. The van der Waals surface area contributed by atoms with Gasteiger partial charge in [0.05, 0.1) is 12.7 Å². The van der Waals surface area contributed by atoms with Crippen LogP contribution in [0.4, 0.5) is 0 Å². The lowest BCUT2D eigenvalue weighted by Gasteiger charge is -2.27. The molecule has 128 valence electrons. The number of hydrogen-bond donors (Lipinski definition) is 0. The Morgan fingerprint density at radius 2 is 1.91 bits per heavy atom. The zero-order valence-electron chi connectivity index (χ0n) is 14.1. The molecule has 0 bridgehead atoms. The number of halogens is 1. The molecule has 0 radical (unpaired) electrons. The number of rotatable bonds is 6. The van der Waals surface area contributed by atoms with Gasteiger partial charge in [-0.05, 0) is 44.0 Å². The van der Waals surface area contributed by atoms with Crippen molar-refractivity contribution in [3.8, 4) is 5.75 Å². The molecule has 4 heteroatoms. The molecule has 1 atom stereocenters. The van der Waals surface area contributed by atoms with Gasteiger partial charge in [0.1, 0.15) is 11.4 Å². The molecule has 1 heterocycles. The fourth-order valence-corrected chi connectivity index (χ4v) is 3.79. The Bertz CT molecular complexity index is 487. The molecule has 1 aromatic rings. The van der Waals surface area contributed by atoms with E-state index in [9.17, 15) is 0 Å². The smallest absolute Gasteiger partial charge is 0.120 e. The van der Waals surface area contributed by atoms with Crippen LogP contribution in [0.5, 0.6) is 5.75 Å². The number of benzene rings is 1. The van der Waals surface area contributed by atoms with Crippen molar-refractivity contribution in [3.05, 3.63) is 29.3 Å². The van der Waals surface area contributed by atoms with Crippen molar-refractivity contribution in [2.24, 2.45) is 0 Å². The highest BCUT2D eigenvalue weighted by Crippen LogP contribution is 2.28. The van der Waals surface area contributed by atoms with E-state index >= 15 is 0 Å². The molecule has 1 aliphatic carbocycles. The summed E-state index contributed by atoms with van der Waals surface area (Å²) in [7, 11) is 0. The first-order valence-electron chi connectivity index (χ1n) is 8.92. The Labute approximate surface area is 144 Å². The van der Waals surface area contributed by atoms with Crippen LogP contribution in [0, 0.1) is 0 Å². The summed E-state index contributed by atoms with van der Waals surface area (Å²) in [6.45, 7) is 6.10. The molecule has 23 heavy (non-hydrogen) atoms. The minimum absolute atomic E-state index is 0.112. The highest BCUT2D eigenvalue weighted by Gasteiger charge is 2.35. The van der Waals surface area contributed by atoms with E-state index in [0.29, 0.717) is 6.10 Å². The molecule has 3 nitrogen and oxygen atoms in total. The van der Waals surface area contributed by atoms with Crippen molar-refractivity contribution in [1.29, 1.82) is 0 Å². The molecule has 0 amide bonds. The number of hydrogen-bond acceptors (Lipinski definition) is 3. The molecular weight excluding hydrogens is 310 g/mol. The van der Waals surface area contributed by atoms with Crippen molar-refractivity contribution in [2.75, 3.05) is 26.2 Å². The molecule has 1 unspecified atom stereocenters. The van der Waals surface area contributed by atoms with Gasteiger partial charge in [0.15, 0.2) is 0 Å². The summed E-state index contributed by atoms with van der Waals surface area (Å²) in [5.41, 5.74) is -0.112. The molecule has 1 aliphatic heterocycles. The topological polar surface area (TPSA) is 21.7 Å². The lowest BCUT2D eigenvalue weighted by Crippen LogP contribution is -2.37. The van der Waals surface area contributed by atoms with Crippen molar-refractivity contribution < 1.29 is 9.47 Å². The lowest BCUT2D eigenvalue weighted by atomic mass is 9.98. The van der Waals surface area contributed by atoms with E-state index in [2.05, 4.69) is 11.8 Å². The predicted molar refractivity (Wildman–Crippen MR) is 94.4 cm³/mol. The van der Waals surface area contributed by atoms with E-state index in [1.54, 1.807) is 0 Å². The Morgan fingerprint density at radius 3 is 2.65 bits per heavy atom. The first-order valence-corrected chi connectivity index (χ1v) is 9.29. The Morgan fingerprint density at radius 1 is 1.17 bits per heavy atom. The van der Waals surface area contributed by atoms with Crippen LogP contribution in [-0.4, -0.2) is 42.8 Å². The van der Waals surface area contributed by atoms with E-state index in [1.807, 2.05) is 24.3 Å². The third kappa shape index (κ3) is 5.10. The first kappa shape index (κ1) is 17.1. The van der Waals surface area contributed by atoms with Crippen LogP contribution in [-0.2, 0) is 4.74 Å². The largest absolute Gasteiger partial charge is 0.486 e. The average Bonchev–Trinajstić information content (AvgIpc) is 2.92. The Hall–Kier alpha value is -0.770. The normalized spacial score (nSPS) is 26.5. The highest BCUT2D eigenvalue weighted by atomic mass is 35.5. The maximum Gasteiger partial charge on any atom is 0.120 e. The molecular formula is C19H28ClNO2. The molecule has 1 saturated heterocycles. The molecule has 3 rings (SSSR count). The van der Waals surface area contributed by atoms with Crippen molar-refractivity contribution in [3.63, 3.8) is 0 Å². The second-order valence-corrected chi connectivity index (χ2v) is 7.60. The molecule has 0 aromatic heterocycles. The first-order chi connectivity index (χ1) is 11.1. The quantitative estimate of drug-likeness (QED) is 0.761. The van der Waals surface area contributed by atoms with Crippen molar-refractivity contribution in [1.82, 2.24) is 4.90 Å².